The highest BCUT2D eigenvalue weighted by atomic mass is 35.5. The fraction of sp³-hybridized carbons (Fsp3) is 0.364. The van der Waals surface area contributed by atoms with E-state index >= 15 is 0 Å². The highest BCUT2D eigenvalue weighted by molar-refractivity contribution is 7.99. The lowest BCUT2D eigenvalue weighted by Gasteiger charge is -2.19. The van der Waals surface area contributed by atoms with Crippen molar-refractivity contribution in [3.8, 4) is 6.07 Å². The zero-order valence-electron chi connectivity index (χ0n) is 8.75. The van der Waals surface area contributed by atoms with E-state index in [0.717, 1.165) is 9.92 Å². The summed E-state index contributed by atoms with van der Waals surface area (Å²) in [5.41, 5.74) is -0.493. The number of rotatable bonds is 4. The normalized spacial score (nSPS) is 14.3. The van der Waals surface area contributed by atoms with E-state index in [1.165, 1.54) is 0 Å². The average Bonchev–Trinajstić information content (AvgIpc) is 2.26. The van der Waals surface area contributed by atoms with Crippen molar-refractivity contribution in [1.82, 2.24) is 5.32 Å². The van der Waals surface area contributed by atoms with E-state index in [2.05, 4.69) is 11.4 Å². The topological polar surface area (TPSA) is 35.8 Å². The van der Waals surface area contributed by atoms with Gasteiger partial charge in [-0.3, -0.25) is 0 Å². The summed E-state index contributed by atoms with van der Waals surface area (Å²) >= 11 is 7.49. The maximum Gasteiger partial charge on any atom is 0.113 e. The summed E-state index contributed by atoms with van der Waals surface area (Å²) in [6, 6.07) is 9.89. The predicted molar refractivity (Wildman–Crippen MR) is 65.3 cm³/mol. The lowest BCUT2D eigenvalue weighted by atomic mass is 10.1. The summed E-state index contributed by atoms with van der Waals surface area (Å²) in [7, 11) is 1.79. The quantitative estimate of drug-likeness (QED) is 0.822. The molecule has 0 aromatic heterocycles. The number of nitrogens with zero attached hydrogens (tertiary/aromatic N) is 1. The van der Waals surface area contributed by atoms with Gasteiger partial charge in [-0.05, 0) is 32.2 Å². The van der Waals surface area contributed by atoms with Gasteiger partial charge >= 0.3 is 0 Å². The molecule has 0 saturated heterocycles. The maximum absolute atomic E-state index is 8.97. The van der Waals surface area contributed by atoms with Crippen LogP contribution in [-0.4, -0.2) is 18.3 Å². The molecule has 1 rings (SSSR count). The maximum atomic E-state index is 8.97. The van der Waals surface area contributed by atoms with E-state index in [1.54, 1.807) is 18.8 Å². The fourth-order valence-electron chi connectivity index (χ4n) is 0.945. The molecule has 1 aromatic carbocycles. The molecule has 1 aromatic rings. The van der Waals surface area contributed by atoms with E-state index in [9.17, 15) is 0 Å². The van der Waals surface area contributed by atoms with Crippen LogP contribution >= 0.6 is 23.4 Å². The van der Waals surface area contributed by atoms with Gasteiger partial charge in [-0.25, -0.2) is 0 Å². The summed E-state index contributed by atoms with van der Waals surface area (Å²) in [6.45, 7) is 1.88. The molecule has 1 atom stereocenters. The molecular weight excluding hydrogens is 228 g/mol. The number of hydrogen-bond donors (Lipinski definition) is 1. The van der Waals surface area contributed by atoms with Gasteiger partial charge in [0.05, 0.1) is 6.07 Å². The minimum Gasteiger partial charge on any atom is -0.302 e. The van der Waals surface area contributed by atoms with E-state index in [4.69, 9.17) is 16.9 Å². The van der Waals surface area contributed by atoms with Crippen LogP contribution in [0.3, 0.4) is 0 Å². The SMILES string of the molecule is CNC(C)(C#N)CSc1cccc(Cl)c1. The summed E-state index contributed by atoms with van der Waals surface area (Å²) in [6.07, 6.45) is 0. The van der Waals surface area contributed by atoms with Crippen molar-refractivity contribution in [2.45, 2.75) is 17.4 Å². The number of nitrogens with one attached hydrogen (secondary N) is 1. The van der Waals surface area contributed by atoms with Crippen LogP contribution < -0.4 is 5.32 Å². The van der Waals surface area contributed by atoms with Crippen molar-refractivity contribution in [1.29, 1.82) is 5.26 Å². The first-order valence-corrected chi connectivity index (χ1v) is 5.94. The molecule has 0 amide bonds. The van der Waals surface area contributed by atoms with Gasteiger partial charge in [-0.2, -0.15) is 5.26 Å². The minimum atomic E-state index is -0.493. The minimum absolute atomic E-state index is 0.493. The van der Waals surface area contributed by atoms with Crippen LogP contribution in [0.15, 0.2) is 29.2 Å². The number of benzene rings is 1. The Morgan fingerprint density at radius 1 is 1.60 bits per heavy atom. The van der Waals surface area contributed by atoms with E-state index in [1.807, 2.05) is 31.2 Å². The molecule has 0 saturated carbocycles. The summed E-state index contributed by atoms with van der Waals surface area (Å²) < 4.78 is 0. The molecule has 0 aliphatic heterocycles. The Hall–Kier alpha value is -0.690. The van der Waals surface area contributed by atoms with Crippen LogP contribution in [0.2, 0.25) is 5.02 Å². The van der Waals surface area contributed by atoms with Crippen LogP contribution in [0.25, 0.3) is 0 Å². The van der Waals surface area contributed by atoms with Crippen molar-refractivity contribution >= 4 is 23.4 Å². The molecule has 80 valence electrons. The van der Waals surface area contributed by atoms with Gasteiger partial charge in [0.2, 0.25) is 0 Å². The molecule has 0 aliphatic rings. The second-order valence-corrected chi connectivity index (χ2v) is 4.93. The molecule has 0 bridgehead atoms. The van der Waals surface area contributed by atoms with Gasteiger partial charge in [0, 0.05) is 15.7 Å². The van der Waals surface area contributed by atoms with E-state index in [-0.39, 0.29) is 0 Å². The number of nitriles is 1. The summed E-state index contributed by atoms with van der Waals surface area (Å²) in [4.78, 5) is 1.08. The third kappa shape index (κ3) is 3.75. The first-order chi connectivity index (χ1) is 7.09. The Kier molecular flexibility index (Phi) is 4.46. The second-order valence-electron chi connectivity index (χ2n) is 3.44. The van der Waals surface area contributed by atoms with Crippen molar-refractivity contribution in [3.63, 3.8) is 0 Å². The largest absolute Gasteiger partial charge is 0.302 e. The summed E-state index contributed by atoms with van der Waals surface area (Å²) in [5.74, 6) is 0.695. The lowest BCUT2D eigenvalue weighted by molar-refractivity contribution is 0.550. The monoisotopic (exact) mass is 240 g/mol. The van der Waals surface area contributed by atoms with Gasteiger partial charge in [0.25, 0.3) is 0 Å². The molecule has 0 spiro atoms. The molecule has 0 heterocycles. The van der Waals surface area contributed by atoms with Crippen molar-refractivity contribution in [2.75, 3.05) is 12.8 Å². The molecule has 4 heteroatoms. The molecular formula is C11H13ClN2S. The first kappa shape index (κ1) is 12.4. The highest BCUT2D eigenvalue weighted by Crippen LogP contribution is 2.24. The van der Waals surface area contributed by atoms with Gasteiger partial charge in [-0.1, -0.05) is 17.7 Å². The van der Waals surface area contributed by atoms with Crippen molar-refractivity contribution in [2.24, 2.45) is 0 Å². The Labute approximate surface area is 99.6 Å². The average molecular weight is 241 g/mol. The third-order valence-electron chi connectivity index (χ3n) is 2.12. The van der Waals surface area contributed by atoms with Gasteiger partial charge in [0.15, 0.2) is 0 Å². The van der Waals surface area contributed by atoms with Crippen LogP contribution in [-0.2, 0) is 0 Å². The van der Waals surface area contributed by atoms with Gasteiger partial charge in [-0.15, -0.1) is 11.8 Å². The van der Waals surface area contributed by atoms with Crippen LogP contribution in [0.5, 0.6) is 0 Å². The molecule has 2 nitrogen and oxygen atoms in total. The molecule has 1 unspecified atom stereocenters. The molecule has 15 heavy (non-hydrogen) atoms. The number of halogens is 1. The Balaban J connectivity index is 2.61. The smallest absolute Gasteiger partial charge is 0.113 e. The van der Waals surface area contributed by atoms with Gasteiger partial charge < -0.3 is 5.32 Å². The van der Waals surface area contributed by atoms with Crippen molar-refractivity contribution in [3.05, 3.63) is 29.3 Å². The second kappa shape index (κ2) is 5.41. The number of hydrogen-bond acceptors (Lipinski definition) is 3. The zero-order chi connectivity index (χ0) is 11.3. The zero-order valence-corrected chi connectivity index (χ0v) is 10.3. The summed E-state index contributed by atoms with van der Waals surface area (Å²) in [5, 5.41) is 12.7. The highest BCUT2D eigenvalue weighted by Gasteiger charge is 2.20. The Morgan fingerprint density at radius 3 is 2.87 bits per heavy atom. The third-order valence-corrected chi connectivity index (χ3v) is 3.67. The van der Waals surface area contributed by atoms with Crippen LogP contribution in [0.4, 0.5) is 0 Å². The fourth-order valence-corrected chi connectivity index (χ4v) is 2.25. The Morgan fingerprint density at radius 2 is 2.33 bits per heavy atom. The van der Waals surface area contributed by atoms with Crippen LogP contribution in [0, 0.1) is 11.3 Å². The molecule has 0 aliphatic carbocycles. The molecule has 0 fully saturated rings. The standard InChI is InChI=1S/C11H13ClN2S/c1-11(7-13,14-2)8-15-10-5-3-4-9(12)6-10/h3-6,14H,8H2,1-2H3. The van der Waals surface area contributed by atoms with E-state index < -0.39 is 5.54 Å². The van der Waals surface area contributed by atoms with E-state index in [0.29, 0.717) is 5.75 Å². The number of thioether (sulfide) groups is 1. The Bertz CT molecular complexity index is 375. The first-order valence-electron chi connectivity index (χ1n) is 4.58. The van der Waals surface area contributed by atoms with Gasteiger partial charge in [0.1, 0.15) is 5.54 Å². The lowest BCUT2D eigenvalue weighted by Crippen LogP contribution is -2.40. The van der Waals surface area contributed by atoms with Crippen LogP contribution in [0.1, 0.15) is 6.92 Å². The van der Waals surface area contributed by atoms with Crippen molar-refractivity contribution < 1.29 is 0 Å². The molecule has 0 radical (unpaired) electrons. The predicted octanol–water partition coefficient (Wildman–Crippen LogP) is 2.93. The molecule has 1 N–H and O–H groups in total.